The second-order valence-electron chi connectivity index (χ2n) is 5.34. The van der Waals surface area contributed by atoms with E-state index in [0.29, 0.717) is 36.1 Å². The summed E-state index contributed by atoms with van der Waals surface area (Å²) in [6, 6.07) is 14.3. The van der Waals surface area contributed by atoms with Crippen LogP contribution < -0.4 is 10.1 Å². The third-order valence-electron chi connectivity index (χ3n) is 3.59. The van der Waals surface area contributed by atoms with Gasteiger partial charge in [-0.25, -0.2) is 0 Å². The number of benzene rings is 2. The van der Waals surface area contributed by atoms with Crippen LogP contribution in [0.3, 0.4) is 0 Å². The molecule has 128 valence electrons. The van der Waals surface area contributed by atoms with Crippen molar-refractivity contribution in [3.63, 3.8) is 0 Å². The number of carbonyl (C=O) groups is 1. The predicted octanol–water partition coefficient (Wildman–Crippen LogP) is 3.95. The second-order valence-corrected chi connectivity index (χ2v) is 5.34. The number of amides is 1. The number of rotatable bonds is 6. The Balaban J connectivity index is 1.67. The van der Waals surface area contributed by atoms with Crippen LogP contribution in [0.5, 0.6) is 5.75 Å². The normalized spacial score (nSPS) is 10.5. The Morgan fingerprint density at radius 2 is 1.76 bits per heavy atom. The fourth-order valence-electron chi connectivity index (χ4n) is 2.28. The van der Waals surface area contributed by atoms with Gasteiger partial charge < -0.3 is 14.5 Å². The van der Waals surface area contributed by atoms with Crippen molar-refractivity contribution in [2.45, 2.75) is 20.3 Å². The lowest BCUT2D eigenvalue weighted by Gasteiger charge is -2.07. The summed E-state index contributed by atoms with van der Waals surface area (Å²) in [6.07, 6.45) is 0.698. The Morgan fingerprint density at radius 1 is 1.04 bits per heavy atom. The van der Waals surface area contributed by atoms with Gasteiger partial charge in [0.25, 0.3) is 5.91 Å². The average molecular weight is 337 g/mol. The molecule has 1 heterocycles. The highest BCUT2D eigenvalue weighted by Gasteiger charge is 2.09. The predicted molar refractivity (Wildman–Crippen MR) is 94.7 cm³/mol. The van der Waals surface area contributed by atoms with E-state index in [9.17, 15) is 4.79 Å². The number of aryl methyl sites for hydroxylation is 1. The zero-order valence-corrected chi connectivity index (χ0v) is 14.2. The molecule has 0 atom stereocenters. The number of carbonyl (C=O) groups excluding carboxylic acids is 1. The van der Waals surface area contributed by atoms with E-state index in [4.69, 9.17) is 9.15 Å². The van der Waals surface area contributed by atoms with Gasteiger partial charge in [-0.15, -0.1) is 10.2 Å². The molecule has 0 saturated carbocycles. The summed E-state index contributed by atoms with van der Waals surface area (Å²) < 4.78 is 10.9. The van der Waals surface area contributed by atoms with Crippen molar-refractivity contribution < 1.29 is 13.9 Å². The van der Waals surface area contributed by atoms with Crippen LogP contribution in [0.15, 0.2) is 52.9 Å². The molecule has 6 heteroatoms. The van der Waals surface area contributed by atoms with Crippen LogP contribution in [-0.2, 0) is 6.42 Å². The van der Waals surface area contributed by atoms with Gasteiger partial charge in [-0.05, 0) is 55.5 Å². The lowest BCUT2D eigenvalue weighted by atomic mass is 10.1. The summed E-state index contributed by atoms with van der Waals surface area (Å²) >= 11 is 0. The van der Waals surface area contributed by atoms with Crippen LogP contribution in [0, 0.1) is 0 Å². The first-order chi connectivity index (χ1) is 12.2. The lowest BCUT2D eigenvalue weighted by Crippen LogP contribution is -2.11. The van der Waals surface area contributed by atoms with Crippen LogP contribution >= 0.6 is 0 Å². The van der Waals surface area contributed by atoms with E-state index in [1.165, 1.54) is 0 Å². The number of nitrogens with zero attached hydrogens (tertiary/aromatic N) is 2. The highest BCUT2D eigenvalue weighted by atomic mass is 16.5. The third kappa shape index (κ3) is 4.03. The Bertz CT molecular complexity index is 839. The van der Waals surface area contributed by atoms with Crippen LogP contribution in [-0.4, -0.2) is 22.7 Å². The summed E-state index contributed by atoms with van der Waals surface area (Å²) in [5.41, 5.74) is 2.07. The number of ether oxygens (including phenoxy) is 1. The van der Waals surface area contributed by atoms with E-state index in [-0.39, 0.29) is 5.91 Å². The maximum atomic E-state index is 12.3. The summed E-state index contributed by atoms with van der Waals surface area (Å²) in [5, 5.41) is 10.8. The van der Waals surface area contributed by atoms with Gasteiger partial charge in [0.2, 0.25) is 11.8 Å². The van der Waals surface area contributed by atoms with Crippen LogP contribution in [0.1, 0.15) is 30.1 Å². The van der Waals surface area contributed by atoms with Crippen molar-refractivity contribution >= 4 is 11.6 Å². The Labute approximate surface area is 145 Å². The molecule has 3 aromatic rings. The minimum atomic E-state index is -0.179. The standard InChI is InChI=1S/C19H19N3O3/c1-3-17-21-22-19(25-17)14-5-9-15(10-6-14)20-18(23)13-7-11-16(12-8-13)24-4-2/h5-12H,3-4H2,1-2H3,(H,20,23). The minimum absolute atomic E-state index is 0.179. The van der Waals surface area contributed by atoms with Gasteiger partial charge in [-0.3, -0.25) is 4.79 Å². The summed E-state index contributed by atoms with van der Waals surface area (Å²) in [7, 11) is 0. The van der Waals surface area contributed by atoms with Gasteiger partial charge in [0, 0.05) is 23.2 Å². The largest absolute Gasteiger partial charge is 0.494 e. The molecule has 0 aliphatic rings. The number of aromatic nitrogens is 2. The highest BCUT2D eigenvalue weighted by molar-refractivity contribution is 6.04. The van der Waals surface area contributed by atoms with Crippen molar-refractivity contribution in [1.29, 1.82) is 0 Å². The molecule has 0 aliphatic heterocycles. The van der Waals surface area contributed by atoms with Crippen molar-refractivity contribution in [3.8, 4) is 17.2 Å². The monoisotopic (exact) mass is 337 g/mol. The molecular formula is C19H19N3O3. The third-order valence-corrected chi connectivity index (χ3v) is 3.59. The maximum absolute atomic E-state index is 12.3. The van der Waals surface area contributed by atoms with Crippen LogP contribution in [0.2, 0.25) is 0 Å². The number of anilines is 1. The van der Waals surface area contributed by atoms with Gasteiger partial charge in [-0.1, -0.05) is 6.92 Å². The van der Waals surface area contributed by atoms with E-state index in [1.54, 1.807) is 36.4 Å². The molecule has 0 spiro atoms. The summed E-state index contributed by atoms with van der Waals surface area (Å²) in [4.78, 5) is 12.3. The highest BCUT2D eigenvalue weighted by Crippen LogP contribution is 2.21. The van der Waals surface area contributed by atoms with E-state index in [1.807, 2.05) is 26.0 Å². The summed E-state index contributed by atoms with van der Waals surface area (Å²) in [6.45, 7) is 4.47. The summed E-state index contributed by atoms with van der Waals surface area (Å²) in [5.74, 6) is 1.64. The molecule has 0 unspecified atom stereocenters. The molecule has 1 N–H and O–H groups in total. The van der Waals surface area contributed by atoms with Gasteiger partial charge in [-0.2, -0.15) is 0 Å². The first-order valence-corrected chi connectivity index (χ1v) is 8.16. The molecule has 1 amide bonds. The Kier molecular flexibility index (Phi) is 5.09. The van der Waals surface area contributed by atoms with Gasteiger partial charge in [0.15, 0.2) is 0 Å². The van der Waals surface area contributed by atoms with Crippen LogP contribution in [0.4, 0.5) is 5.69 Å². The van der Waals surface area contributed by atoms with Gasteiger partial charge in [0.1, 0.15) is 5.75 Å². The van der Waals surface area contributed by atoms with Crippen molar-refractivity contribution in [2.24, 2.45) is 0 Å². The molecule has 0 fully saturated rings. The van der Waals surface area contributed by atoms with Crippen molar-refractivity contribution in [2.75, 3.05) is 11.9 Å². The fraction of sp³-hybridized carbons (Fsp3) is 0.211. The van der Waals surface area contributed by atoms with E-state index >= 15 is 0 Å². The number of hydrogen-bond donors (Lipinski definition) is 1. The topological polar surface area (TPSA) is 77.2 Å². The first-order valence-electron chi connectivity index (χ1n) is 8.16. The molecule has 6 nitrogen and oxygen atoms in total. The Hall–Kier alpha value is -3.15. The number of nitrogens with one attached hydrogen (secondary N) is 1. The fourth-order valence-corrected chi connectivity index (χ4v) is 2.28. The van der Waals surface area contributed by atoms with E-state index in [2.05, 4.69) is 15.5 Å². The number of hydrogen-bond acceptors (Lipinski definition) is 5. The van der Waals surface area contributed by atoms with Crippen molar-refractivity contribution in [3.05, 3.63) is 60.0 Å². The quantitative estimate of drug-likeness (QED) is 0.737. The van der Waals surface area contributed by atoms with E-state index in [0.717, 1.165) is 11.3 Å². The van der Waals surface area contributed by atoms with Gasteiger partial charge >= 0.3 is 0 Å². The zero-order valence-electron chi connectivity index (χ0n) is 14.2. The second kappa shape index (κ2) is 7.61. The zero-order chi connectivity index (χ0) is 17.6. The minimum Gasteiger partial charge on any atom is -0.494 e. The molecule has 0 bridgehead atoms. The van der Waals surface area contributed by atoms with E-state index < -0.39 is 0 Å². The lowest BCUT2D eigenvalue weighted by molar-refractivity contribution is 0.102. The molecule has 2 aromatic carbocycles. The van der Waals surface area contributed by atoms with Crippen molar-refractivity contribution in [1.82, 2.24) is 10.2 Å². The molecule has 1 aromatic heterocycles. The maximum Gasteiger partial charge on any atom is 0.255 e. The molecule has 0 aliphatic carbocycles. The SMILES string of the molecule is CCOc1ccc(C(=O)Nc2ccc(-c3nnc(CC)o3)cc2)cc1. The van der Waals surface area contributed by atoms with Gasteiger partial charge in [0.05, 0.1) is 6.61 Å². The Morgan fingerprint density at radius 3 is 2.36 bits per heavy atom. The van der Waals surface area contributed by atoms with Crippen LogP contribution in [0.25, 0.3) is 11.5 Å². The first kappa shape index (κ1) is 16.7. The molecular weight excluding hydrogens is 318 g/mol. The molecule has 25 heavy (non-hydrogen) atoms. The molecule has 0 radical (unpaired) electrons. The molecule has 0 saturated heterocycles. The molecule has 3 rings (SSSR count). The smallest absolute Gasteiger partial charge is 0.255 e. The average Bonchev–Trinajstić information content (AvgIpc) is 3.12.